The van der Waals surface area contributed by atoms with E-state index in [-0.39, 0.29) is 0 Å². The van der Waals surface area contributed by atoms with Crippen LogP contribution in [0.4, 0.5) is 0 Å². The Morgan fingerprint density at radius 2 is 1.40 bits per heavy atom. The van der Waals surface area contributed by atoms with Crippen LogP contribution < -0.4 is 22.1 Å². The second-order valence-corrected chi connectivity index (χ2v) is 6.49. The van der Waals surface area contributed by atoms with Crippen LogP contribution in [-0.2, 0) is 12.8 Å². The summed E-state index contributed by atoms with van der Waals surface area (Å²) in [4.78, 5) is 0. The highest BCUT2D eigenvalue weighted by Crippen LogP contribution is 2.04. The van der Waals surface area contributed by atoms with E-state index in [1.54, 1.807) is 0 Å². The fraction of sp³-hybridized carbons (Fsp3) is 0.429. The maximum Gasteiger partial charge on any atom is 0.0233 e. The van der Waals surface area contributed by atoms with Crippen molar-refractivity contribution in [3.8, 4) is 0 Å². The average Bonchev–Trinajstić information content (AvgIpc) is 2.66. The van der Waals surface area contributed by atoms with Gasteiger partial charge in [0.1, 0.15) is 0 Å². The summed E-state index contributed by atoms with van der Waals surface area (Å²) in [6.45, 7) is 3.15. The molecule has 0 aliphatic carbocycles. The molecule has 0 spiro atoms. The van der Waals surface area contributed by atoms with E-state index < -0.39 is 0 Å². The minimum absolute atomic E-state index is 0.291. The first-order valence-electron chi connectivity index (χ1n) is 9.26. The molecular weight excluding hydrogens is 308 g/mol. The summed E-state index contributed by atoms with van der Waals surface area (Å²) >= 11 is 0. The molecule has 136 valence electrons. The standard InChI is InChI=1S/C21H32N4/c22-13-11-20(16-23)25-17-21(15-19-9-5-2-6-10-19)24-14-12-18-7-3-1-4-8-18/h1-10,20-21,24-25H,11-17,22-23H2/t20?,21-/m0/s1. The predicted molar refractivity (Wildman–Crippen MR) is 107 cm³/mol. The molecule has 2 atom stereocenters. The van der Waals surface area contributed by atoms with E-state index >= 15 is 0 Å². The van der Waals surface area contributed by atoms with Crippen LogP contribution in [0.2, 0.25) is 0 Å². The van der Waals surface area contributed by atoms with E-state index in [0.717, 1.165) is 32.4 Å². The zero-order chi connectivity index (χ0) is 17.7. The van der Waals surface area contributed by atoms with Gasteiger partial charge in [-0.1, -0.05) is 60.7 Å². The first-order chi connectivity index (χ1) is 12.3. The van der Waals surface area contributed by atoms with Gasteiger partial charge < -0.3 is 22.1 Å². The average molecular weight is 341 g/mol. The molecule has 0 amide bonds. The van der Waals surface area contributed by atoms with Gasteiger partial charge in [-0.15, -0.1) is 0 Å². The number of nitrogens with two attached hydrogens (primary N) is 2. The Bertz CT molecular complexity index is 559. The number of rotatable bonds is 12. The highest BCUT2D eigenvalue weighted by atomic mass is 15.0. The third kappa shape index (κ3) is 7.80. The third-order valence-electron chi connectivity index (χ3n) is 4.47. The molecule has 2 aromatic carbocycles. The van der Waals surface area contributed by atoms with Crippen molar-refractivity contribution in [1.29, 1.82) is 0 Å². The van der Waals surface area contributed by atoms with Crippen LogP contribution in [0, 0.1) is 0 Å². The summed E-state index contributed by atoms with van der Waals surface area (Å²) in [5.41, 5.74) is 14.2. The van der Waals surface area contributed by atoms with Crippen LogP contribution in [-0.4, -0.2) is 38.3 Å². The van der Waals surface area contributed by atoms with E-state index in [1.807, 2.05) is 0 Å². The lowest BCUT2D eigenvalue weighted by Crippen LogP contribution is -2.47. The molecule has 0 radical (unpaired) electrons. The molecule has 25 heavy (non-hydrogen) atoms. The van der Waals surface area contributed by atoms with Crippen molar-refractivity contribution in [2.24, 2.45) is 11.5 Å². The zero-order valence-corrected chi connectivity index (χ0v) is 15.0. The van der Waals surface area contributed by atoms with Gasteiger partial charge in [-0.25, -0.2) is 0 Å². The Balaban J connectivity index is 1.86. The smallest absolute Gasteiger partial charge is 0.0233 e. The van der Waals surface area contributed by atoms with Gasteiger partial charge in [-0.05, 0) is 43.5 Å². The van der Waals surface area contributed by atoms with Gasteiger partial charge in [-0.2, -0.15) is 0 Å². The predicted octanol–water partition coefficient (Wildman–Crippen LogP) is 1.70. The van der Waals surface area contributed by atoms with E-state index in [0.29, 0.717) is 25.2 Å². The molecule has 0 saturated carbocycles. The number of hydrogen-bond donors (Lipinski definition) is 4. The van der Waals surface area contributed by atoms with Crippen LogP contribution in [0.1, 0.15) is 17.5 Å². The van der Waals surface area contributed by atoms with E-state index in [9.17, 15) is 0 Å². The summed E-state index contributed by atoms with van der Waals surface area (Å²) in [6.07, 6.45) is 2.95. The molecule has 0 aromatic heterocycles. The van der Waals surface area contributed by atoms with Gasteiger partial charge in [0.25, 0.3) is 0 Å². The Labute approximate surface area is 152 Å². The summed E-state index contributed by atoms with van der Waals surface area (Å²) in [6, 6.07) is 21.9. The van der Waals surface area contributed by atoms with Crippen molar-refractivity contribution >= 4 is 0 Å². The van der Waals surface area contributed by atoms with Gasteiger partial charge in [0.2, 0.25) is 0 Å². The number of hydrogen-bond acceptors (Lipinski definition) is 4. The van der Waals surface area contributed by atoms with Crippen molar-refractivity contribution in [2.75, 3.05) is 26.2 Å². The van der Waals surface area contributed by atoms with E-state index in [4.69, 9.17) is 11.5 Å². The van der Waals surface area contributed by atoms with Crippen molar-refractivity contribution in [1.82, 2.24) is 10.6 Å². The van der Waals surface area contributed by atoms with Gasteiger partial charge in [0.15, 0.2) is 0 Å². The molecule has 6 N–H and O–H groups in total. The highest BCUT2D eigenvalue weighted by Gasteiger charge is 2.12. The van der Waals surface area contributed by atoms with Crippen molar-refractivity contribution in [3.05, 3.63) is 71.8 Å². The second kappa shape index (κ2) is 11.8. The summed E-state index contributed by atoms with van der Waals surface area (Å²) in [5.74, 6) is 0. The molecule has 0 aliphatic rings. The molecule has 2 rings (SSSR count). The van der Waals surface area contributed by atoms with Crippen molar-refractivity contribution in [2.45, 2.75) is 31.3 Å². The lowest BCUT2D eigenvalue weighted by atomic mass is 10.0. The molecule has 0 saturated heterocycles. The topological polar surface area (TPSA) is 76.1 Å². The lowest BCUT2D eigenvalue weighted by molar-refractivity contribution is 0.420. The maximum atomic E-state index is 5.84. The fourth-order valence-corrected chi connectivity index (χ4v) is 2.99. The monoisotopic (exact) mass is 340 g/mol. The third-order valence-corrected chi connectivity index (χ3v) is 4.47. The SMILES string of the molecule is NCCC(CN)NC[C@H](Cc1ccccc1)NCCc1ccccc1. The lowest BCUT2D eigenvalue weighted by Gasteiger charge is -2.23. The zero-order valence-electron chi connectivity index (χ0n) is 15.0. The molecule has 4 heteroatoms. The molecule has 4 nitrogen and oxygen atoms in total. The van der Waals surface area contributed by atoms with Gasteiger partial charge in [-0.3, -0.25) is 0 Å². The van der Waals surface area contributed by atoms with Crippen LogP contribution in [0.15, 0.2) is 60.7 Å². The Hall–Kier alpha value is -1.72. The Morgan fingerprint density at radius 1 is 0.760 bits per heavy atom. The second-order valence-electron chi connectivity index (χ2n) is 6.49. The van der Waals surface area contributed by atoms with Crippen LogP contribution in [0.25, 0.3) is 0 Å². The Kier molecular flexibility index (Phi) is 9.23. The van der Waals surface area contributed by atoms with E-state index in [2.05, 4.69) is 71.3 Å². The molecule has 0 heterocycles. The van der Waals surface area contributed by atoms with E-state index in [1.165, 1.54) is 11.1 Å². The molecule has 0 aliphatic heterocycles. The molecule has 0 bridgehead atoms. The van der Waals surface area contributed by atoms with Gasteiger partial charge in [0, 0.05) is 25.2 Å². The van der Waals surface area contributed by atoms with Crippen molar-refractivity contribution in [3.63, 3.8) is 0 Å². The normalized spacial score (nSPS) is 13.5. The molecule has 1 unspecified atom stereocenters. The summed E-state index contributed by atoms with van der Waals surface area (Å²) in [5, 5.41) is 7.28. The van der Waals surface area contributed by atoms with Gasteiger partial charge in [0.05, 0.1) is 0 Å². The highest BCUT2D eigenvalue weighted by molar-refractivity contribution is 5.17. The van der Waals surface area contributed by atoms with Gasteiger partial charge >= 0.3 is 0 Å². The summed E-state index contributed by atoms with van der Waals surface area (Å²) < 4.78 is 0. The quantitative estimate of drug-likeness (QED) is 0.474. The largest absolute Gasteiger partial charge is 0.330 e. The maximum absolute atomic E-state index is 5.84. The number of benzene rings is 2. The van der Waals surface area contributed by atoms with Crippen LogP contribution in [0.3, 0.4) is 0 Å². The van der Waals surface area contributed by atoms with Crippen LogP contribution >= 0.6 is 0 Å². The first kappa shape index (κ1) is 19.6. The first-order valence-corrected chi connectivity index (χ1v) is 9.26. The Morgan fingerprint density at radius 3 is 2.00 bits per heavy atom. The number of nitrogens with one attached hydrogen (secondary N) is 2. The van der Waals surface area contributed by atoms with Crippen molar-refractivity contribution < 1.29 is 0 Å². The fourth-order valence-electron chi connectivity index (χ4n) is 2.99. The minimum atomic E-state index is 0.291. The molecular formula is C21H32N4. The molecule has 2 aromatic rings. The summed E-state index contributed by atoms with van der Waals surface area (Å²) in [7, 11) is 0. The minimum Gasteiger partial charge on any atom is -0.330 e. The van der Waals surface area contributed by atoms with Crippen LogP contribution in [0.5, 0.6) is 0 Å². The molecule has 0 fully saturated rings.